The maximum atomic E-state index is 13.1. The predicted octanol–water partition coefficient (Wildman–Crippen LogP) is 6.80. The van der Waals surface area contributed by atoms with Crippen LogP contribution in [0.3, 0.4) is 0 Å². The van der Waals surface area contributed by atoms with E-state index in [9.17, 15) is 8.78 Å². The zero-order chi connectivity index (χ0) is 23.4. The lowest BCUT2D eigenvalue weighted by Gasteiger charge is -2.16. The molecule has 0 bridgehead atoms. The molecule has 1 aliphatic carbocycles. The SMILES string of the molecule is CCN(C)C=Nc1cc(OC(F)F)c(Cc2nc(-c3ccc4c(c3)CCCC4)cs2)cc1C. The summed E-state index contributed by atoms with van der Waals surface area (Å²) in [5.41, 5.74) is 7.10. The van der Waals surface area contributed by atoms with E-state index in [4.69, 9.17) is 9.72 Å². The Balaban J connectivity index is 1.59. The topological polar surface area (TPSA) is 37.7 Å². The first-order chi connectivity index (χ1) is 15.9. The van der Waals surface area contributed by atoms with Crippen LogP contribution in [0.2, 0.25) is 0 Å². The lowest BCUT2D eigenvalue weighted by Crippen LogP contribution is -2.14. The van der Waals surface area contributed by atoms with Crippen molar-refractivity contribution >= 4 is 23.4 Å². The highest BCUT2D eigenvalue weighted by Crippen LogP contribution is 2.34. The monoisotopic (exact) mass is 469 g/mol. The third-order valence-electron chi connectivity index (χ3n) is 6.03. The number of alkyl halides is 2. The molecule has 4 rings (SSSR count). The number of hydrogen-bond donors (Lipinski definition) is 0. The van der Waals surface area contributed by atoms with E-state index in [0.29, 0.717) is 17.7 Å². The van der Waals surface area contributed by atoms with Crippen molar-refractivity contribution in [2.24, 2.45) is 4.99 Å². The summed E-state index contributed by atoms with van der Waals surface area (Å²) in [5, 5.41) is 2.91. The zero-order valence-corrected chi connectivity index (χ0v) is 20.1. The second kappa shape index (κ2) is 10.4. The van der Waals surface area contributed by atoms with Gasteiger partial charge in [0.2, 0.25) is 0 Å². The van der Waals surface area contributed by atoms with Gasteiger partial charge in [-0.05, 0) is 68.4 Å². The molecule has 0 aliphatic heterocycles. The molecular weight excluding hydrogens is 440 g/mol. The summed E-state index contributed by atoms with van der Waals surface area (Å²) in [6.07, 6.45) is 6.89. The van der Waals surface area contributed by atoms with Crippen LogP contribution in [0.1, 0.15) is 47.0 Å². The summed E-state index contributed by atoms with van der Waals surface area (Å²) in [6.45, 7) is 1.84. The number of halogens is 2. The third-order valence-corrected chi connectivity index (χ3v) is 6.87. The Morgan fingerprint density at radius 3 is 2.73 bits per heavy atom. The fraction of sp³-hybridized carbons (Fsp3) is 0.385. The number of nitrogens with zero attached hydrogens (tertiary/aromatic N) is 3. The van der Waals surface area contributed by atoms with E-state index in [1.54, 1.807) is 23.7 Å². The van der Waals surface area contributed by atoms with Crippen molar-refractivity contribution in [3.63, 3.8) is 0 Å². The van der Waals surface area contributed by atoms with E-state index in [1.807, 2.05) is 37.2 Å². The van der Waals surface area contributed by atoms with Crippen molar-refractivity contribution in [3.05, 3.63) is 63.0 Å². The van der Waals surface area contributed by atoms with Crippen LogP contribution in [0, 0.1) is 6.92 Å². The Hall–Kier alpha value is -2.80. The Kier molecular flexibility index (Phi) is 7.38. The molecule has 7 heteroatoms. The quantitative estimate of drug-likeness (QED) is 0.269. The van der Waals surface area contributed by atoms with Gasteiger partial charge in [-0.25, -0.2) is 9.98 Å². The van der Waals surface area contributed by atoms with E-state index in [2.05, 4.69) is 23.2 Å². The molecule has 1 aromatic heterocycles. The minimum absolute atomic E-state index is 0.146. The molecule has 174 valence electrons. The molecule has 1 aliphatic rings. The van der Waals surface area contributed by atoms with Crippen LogP contribution in [-0.4, -0.2) is 36.4 Å². The van der Waals surface area contributed by atoms with Gasteiger partial charge in [0.1, 0.15) is 5.75 Å². The van der Waals surface area contributed by atoms with Crippen LogP contribution in [0.4, 0.5) is 14.5 Å². The summed E-state index contributed by atoms with van der Waals surface area (Å²) in [5.74, 6) is 0.146. The molecule has 1 heterocycles. The van der Waals surface area contributed by atoms with Gasteiger partial charge in [-0.1, -0.05) is 12.1 Å². The molecule has 0 atom stereocenters. The van der Waals surface area contributed by atoms with Gasteiger partial charge in [-0.3, -0.25) is 0 Å². The van der Waals surface area contributed by atoms with Gasteiger partial charge in [0, 0.05) is 42.6 Å². The van der Waals surface area contributed by atoms with Crippen molar-refractivity contribution in [1.82, 2.24) is 9.88 Å². The third kappa shape index (κ3) is 5.77. The minimum atomic E-state index is -2.90. The predicted molar refractivity (Wildman–Crippen MR) is 131 cm³/mol. The van der Waals surface area contributed by atoms with Crippen molar-refractivity contribution in [2.45, 2.75) is 52.6 Å². The molecule has 0 unspecified atom stereocenters. The fourth-order valence-electron chi connectivity index (χ4n) is 4.04. The summed E-state index contributed by atoms with van der Waals surface area (Å²) >= 11 is 1.54. The molecule has 0 N–H and O–H groups in total. The molecule has 4 nitrogen and oxygen atoms in total. The van der Waals surface area contributed by atoms with Crippen LogP contribution in [0.25, 0.3) is 11.3 Å². The van der Waals surface area contributed by atoms with E-state index < -0.39 is 6.61 Å². The van der Waals surface area contributed by atoms with Crippen molar-refractivity contribution in [1.29, 1.82) is 0 Å². The number of aliphatic imine (C=N–C) groups is 1. The van der Waals surface area contributed by atoms with Crippen molar-refractivity contribution in [3.8, 4) is 17.0 Å². The highest BCUT2D eigenvalue weighted by molar-refractivity contribution is 7.10. The highest BCUT2D eigenvalue weighted by atomic mass is 32.1. The van der Waals surface area contributed by atoms with Crippen molar-refractivity contribution < 1.29 is 13.5 Å². The lowest BCUT2D eigenvalue weighted by molar-refractivity contribution is -0.0503. The number of hydrogen-bond acceptors (Lipinski definition) is 4. The standard InChI is InChI=1S/C26H29F2N3OS/c1-4-31(3)16-29-22-14-24(32-26(27)28)21(11-17(22)2)13-25-30-23(15-33-25)20-10-9-18-7-5-6-8-19(18)12-20/h9-12,14-16,26H,4-8,13H2,1-3H3. The summed E-state index contributed by atoms with van der Waals surface area (Å²) < 4.78 is 31.1. The Morgan fingerprint density at radius 2 is 1.97 bits per heavy atom. The maximum absolute atomic E-state index is 13.1. The highest BCUT2D eigenvalue weighted by Gasteiger charge is 2.16. The van der Waals surface area contributed by atoms with E-state index >= 15 is 0 Å². The van der Waals surface area contributed by atoms with Gasteiger partial charge < -0.3 is 9.64 Å². The largest absolute Gasteiger partial charge is 0.434 e. The molecule has 0 spiro atoms. The minimum Gasteiger partial charge on any atom is -0.434 e. The van der Waals surface area contributed by atoms with Crippen LogP contribution >= 0.6 is 11.3 Å². The number of rotatable bonds is 8. The number of aromatic nitrogens is 1. The van der Waals surface area contributed by atoms with Crippen LogP contribution in [-0.2, 0) is 19.3 Å². The number of ether oxygens (including phenoxy) is 1. The molecule has 0 saturated carbocycles. The van der Waals surface area contributed by atoms with E-state index in [-0.39, 0.29) is 5.75 Å². The number of aryl methyl sites for hydroxylation is 3. The summed E-state index contributed by atoms with van der Waals surface area (Å²) in [4.78, 5) is 11.2. The van der Waals surface area contributed by atoms with E-state index in [1.165, 1.54) is 24.0 Å². The van der Waals surface area contributed by atoms with Crippen LogP contribution in [0.5, 0.6) is 5.75 Å². The summed E-state index contributed by atoms with van der Waals surface area (Å²) in [7, 11) is 1.91. The summed E-state index contributed by atoms with van der Waals surface area (Å²) in [6, 6.07) is 10.1. The maximum Gasteiger partial charge on any atom is 0.387 e. The molecule has 0 fully saturated rings. The normalized spacial score (nSPS) is 13.5. The molecule has 3 aromatic rings. The average molecular weight is 470 g/mol. The number of fused-ring (bicyclic) bond motifs is 1. The first kappa shape index (κ1) is 23.4. The van der Waals surface area contributed by atoms with Gasteiger partial charge >= 0.3 is 6.61 Å². The Labute approximate surface area is 198 Å². The molecule has 2 aromatic carbocycles. The fourth-order valence-corrected chi connectivity index (χ4v) is 4.87. The molecular formula is C26H29F2N3OS. The van der Waals surface area contributed by atoms with E-state index in [0.717, 1.165) is 41.2 Å². The van der Waals surface area contributed by atoms with Gasteiger partial charge in [-0.2, -0.15) is 8.78 Å². The molecule has 0 radical (unpaired) electrons. The second-order valence-corrected chi connectivity index (χ2v) is 9.38. The van der Waals surface area contributed by atoms with Crippen molar-refractivity contribution in [2.75, 3.05) is 13.6 Å². The van der Waals surface area contributed by atoms with Gasteiger partial charge in [0.05, 0.1) is 22.7 Å². The number of thiazole rings is 1. The van der Waals surface area contributed by atoms with Gasteiger partial charge in [0.15, 0.2) is 0 Å². The molecule has 0 amide bonds. The number of benzene rings is 2. The first-order valence-corrected chi connectivity index (χ1v) is 12.2. The first-order valence-electron chi connectivity index (χ1n) is 11.3. The average Bonchev–Trinajstić information content (AvgIpc) is 3.27. The molecule has 33 heavy (non-hydrogen) atoms. The Bertz CT molecular complexity index is 1140. The van der Waals surface area contributed by atoms with Gasteiger partial charge in [-0.15, -0.1) is 11.3 Å². The second-order valence-electron chi connectivity index (χ2n) is 8.44. The van der Waals surface area contributed by atoms with Crippen LogP contribution in [0.15, 0.2) is 40.7 Å². The Morgan fingerprint density at radius 1 is 1.18 bits per heavy atom. The smallest absolute Gasteiger partial charge is 0.387 e. The zero-order valence-electron chi connectivity index (χ0n) is 19.3. The lowest BCUT2D eigenvalue weighted by atomic mass is 9.90. The van der Waals surface area contributed by atoms with Gasteiger partial charge in [0.25, 0.3) is 0 Å². The molecule has 0 saturated heterocycles. The van der Waals surface area contributed by atoms with Crippen LogP contribution < -0.4 is 4.74 Å².